The van der Waals surface area contributed by atoms with E-state index in [0.717, 1.165) is 32.0 Å². The van der Waals surface area contributed by atoms with E-state index in [1.165, 1.54) is 13.0 Å². The highest BCUT2D eigenvalue weighted by molar-refractivity contribution is 4.79. The Hall–Kier alpha value is -0.120. The second-order valence-electron chi connectivity index (χ2n) is 4.59. The Kier molecular flexibility index (Phi) is 5.45. The van der Waals surface area contributed by atoms with E-state index in [2.05, 4.69) is 24.1 Å². The summed E-state index contributed by atoms with van der Waals surface area (Å²) in [6.45, 7) is 9.30. The van der Waals surface area contributed by atoms with Crippen molar-refractivity contribution in [3.63, 3.8) is 0 Å². The van der Waals surface area contributed by atoms with Gasteiger partial charge >= 0.3 is 0 Å². The minimum absolute atomic E-state index is 0.310. The van der Waals surface area contributed by atoms with Crippen molar-refractivity contribution in [1.29, 1.82) is 0 Å². The fourth-order valence-electron chi connectivity index (χ4n) is 1.96. The summed E-state index contributed by atoms with van der Waals surface area (Å²) in [6.07, 6.45) is 2.17. The van der Waals surface area contributed by atoms with Gasteiger partial charge in [0.25, 0.3) is 0 Å². The van der Waals surface area contributed by atoms with Crippen LogP contribution in [-0.4, -0.2) is 48.8 Å². The zero-order valence-corrected chi connectivity index (χ0v) is 9.50. The van der Waals surface area contributed by atoms with Crippen LogP contribution >= 0.6 is 0 Å². The summed E-state index contributed by atoms with van der Waals surface area (Å²) in [4.78, 5) is 2.52. The van der Waals surface area contributed by atoms with E-state index >= 15 is 0 Å². The van der Waals surface area contributed by atoms with Crippen molar-refractivity contribution in [1.82, 2.24) is 10.2 Å². The number of hydrogen-bond donors (Lipinski definition) is 2. The molecule has 1 atom stereocenters. The lowest BCUT2D eigenvalue weighted by molar-refractivity contribution is 0.125. The summed E-state index contributed by atoms with van der Waals surface area (Å²) in [5.41, 5.74) is 0. The van der Waals surface area contributed by atoms with Gasteiger partial charge in [0.15, 0.2) is 0 Å². The second-order valence-corrected chi connectivity index (χ2v) is 4.59. The van der Waals surface area contributed by atoms with Gasteiger partial charge in [0.2, 0.25) is 0 Å². The lowest BCUT2D eigenvalue weighted by atomic mass is 10.1. The van der Waals surface area contributed by atoms with Crippen LogP contribution in [0.15, 0.2) is 0 Å². The maximum atomic E-state index is 8.96. The monoisotopic (exact) mass is 200 g/mol. The van der Waals surface area contributed by atoms with Crippen LogP contribution < -0.4 is 5.32 Å². The molecule has 2 N–H and O–H groups in total. The van der Waals surface area contributed by atoms with Gasteiger partial charge in [-0.25, -0.2) is 0 Å². The number of piperazine rings is 1. The third kappa shape index (κ3) is 3.95. The molecule has 0 unspecified atom stereocenters. The first-order valence-corrected chi connectivity index (χ1v) is 5.79. The summed E-state index contributed by atoms with van der Waals surface area (Å²) in [6, 6.07) is 0.549. The van der Waals surface area contributed by atoms with E-state index < -0.39 is 0 Å². The molecule has 0 aromatic rings. The topological polar surface area (TPSA) is 35.5 Å². The third-order valence-corrected chi connectivity index (χ3v) is 2.93. The van der Waals surface area contributed by atoms with Gasteiger partial charge in [-0.15, -0.1) is 0 Å². The lowest BCUT2D eigenvalue weighted by Gasteiger charge is -2.36. The maximum absolute atomic E-state index is 8.96. The zero-order valence-electron chi connectivity index (χ0n) is 9.50. The summed E-state index contributed by atoms with van der Waals surface area (Å²) in [5, 5.41) is 12.3. The molecule has 0 aliphatic carbocycles. The normalized spacial score (nSPS) is 24.4. The van der Waals surface area contributed by atoms with Crippen molar-refractivity contribution in [3.8, 4) is 0 Å². The molecule has 1 aliphatic heterocycles. The smallest absolute Gasteiger partial charge is 0.0446 e. The van der Waals surface area contributed by atoms with Crippen molar-refractivity contribution in [3.05, 3.63) is 0 Å². The molecule has 84 valence electrons. The van der Waals surface area contributed by atoms with Gasteiger partial charge in [-0.1, -0.05) is 13.8 Å². The van der Waals surface area contributed by atoms with Crippen molar-refractivity contribution < 1.29 is 5.11 Å². The van der Waals surface area contributed by atoms with Gasteiger partial charge < -0.3 is 10.4 Å². The third-order valence-electron chi connectivity index (χ3n) is 2.93. The predicted octanol–water partition coefficient (Wildman–Crippen LogP) is 0.689. The van der Waals surface area contributed by atoms with Crippen molar-refractivity contribution in [2.75, 3.05) is 32.8 Å². The molecule has 0 spiro atoms. The first kappa shape index (κ1) is 12.0. The van der Waals surface area contributed by atoms with Gasteiger partial charge in [0.1, 0.15) is 0 Å². The molecule has 0 aromatic carbocycles. The van der Waals surface area contributed by atoms with E-state index in [-0.39, 0.29) is 0 Å². The number of rotatable bonds is 5. The molecule has 0 bridgehead atoms. The predicted molar refractivity (Wildman–Crippen MR) is 59.4 cm³/mol. The Morgan fingerprint density at radius 3 is 2.93 bits per heavy atom. The zero-order chi connectivity index (χ0) is 10.4. The maximum Gasteiger partial charge on any atom is 0.0446 e. The number of nitrogens with one attached hydrogen (secondary N) is 1. The lowest BCUT2D eigenvalue weighted by Crippen LogP contribution is -2.51. The molecular formula is C11H24N2O. The van der Waals surface area contributed by atoms with E-state index in [1.54, 1.807) is 0 Å². The summed E-state index contributed by atoms with van der Waals surface area (Å²) < 4.78 is 0. The highest BCUT2D eigenvalue weighted by atomic mass is 16.3. The molecule has 1 aliphatic rings. The van der Waals surface area contributed by atoms with Gasteiger partial charge in [0.05, 0.1) is 0 Å². The van der Waals surface area contributed by atoms with Crippen LogP contribution in [0, 0.1) is 5.92 Å². The van der Waals surface area contributed by atoms with E-state index in [1.807, 2.05) is 0 Å². The van der Waals surface area contributed by atoms with Gasteiger partial charge in [-0.05, 0) is 25.3 Å². The SMILES string of the molecule is CC(C)CCN1CCNC[C@@H]1CCO. The fourth-order valence-corrected chi connectivity index (χ4v) is 1.96. The van der Waals surface area contributed by atoms with Crippen LogP contribution in [-0.2, 0) is 0 Å². The second kappa shape index (κ2) is 6.38. The Labute approximate surface area is 87.5 Å². The molecule has 3 nitrogen and oxygen atoms in total. The number of hydrogen-bond acceptors (Lipinski definition) is 3. The van der Waals surface area contributed by atoms with Crippen LogP contribution in [0.1, 0.15) is 26.7 Å². The van der Waals surface area contributed by atoms with Crippen LogP contribution in [0.3, 0.4) is 0 Å². The highest BCUT2D eigenvalue weighted by Crippen LogP contribution is 2.10. The Bertz CT molecular complexity index is 148. The number of aliphatic hydroxyl groups is 1. The quantitative estimate of drug-likeness (QED) is 0.685. The van der Waals surface area contributed by atoms with Crippen LogP contribution in [0.4, 0.5) is 0 Å². The van der Waals surface area contributed by atoms with Crippen molar-refractivity contribution >= 4 is 0 Å². The van der Waals surface area contributed by atoms with Gasteiger partial charge in [-0.3, -0.25) is 4.90 Å². The molecule has 0 saturated carbocycles. The fraction of sp³-hybridized carbons (Fsp3) is 1.00. The van der Waals surface area contributed by atoms with Crippen molar-refractivity contribution in [2.24, 2.45) is 5.92 Å². The molecular weight excluding hydrogens is 176 g/mol. The average molecular weight is 200 g/mol. The number of aliphatic hydroxyl groups excluding tert-OH is 1. The summed E-state index contributed by atoms with van der Waals surface area (Å²) in [5.74, 6) is 0.777. The summed E-state index contributed by atoms with van der Waals surface area (Å²) >= 11 is 0. The average Bonchev–Trinajstić information content (AvgIpc) is 2.17. The first-order chi connectivity index (χ1) is 6.74. The minimum atomic E-state index is 0.310. The molecule has 1 fully saturated rings. The van der Waals surface area contributed by atoms with Gasteiger partial charge in [0, 0.05) is 32.3 Å². The molecule has 0 radical (unpaired) electrons. The van der Waals surface area contributed by atoms with Crippen LogP contribution in [0.5, 0.6) is 0 Å². The molecule has 1 rings (SSSR count). The molecule has 0 aromatic heterocycles. The molecule has 0 amide bonds. The highest BCUT2D eigenvalue weighted by Gasteiger charge is 2.20. The van der Waals surface area contributed by atoms with E-state index in [0.29, 0.717) is 12.6 Å². The largest absolute Gasteiger partial charge is 0.396 e. The Balaban J connectivity index is 2.30. The van der Waals surface area contributed by atoms with Crippen molar-refractivity contribution in [2.45, 2.75) is 32.7 Å². The van der Waals surface area contributed by atoms with Crippen LogP contribution in [0.25, 0.3) is 0 Å². The Morgan fingerprint density at radius 2 is 2.29 bits per heavy atom. The van der Waals surface area contributed by atoms with E-state index in [4.69, 9.17) is 5.11 Å². The Morgan fingerprint density at radius 1 is 1.50 bits per heavy atom. The van der Waals surface area contributed by atoms with Crippen LogP contribution in [0.2, 0.25) is 0 Å². The minimum Gasteiger partial charge on any atom is -0.396 e. The molecule has 1 saturated heterocycles. The number of nitrogens with zero attached hydrogens (tertiary/aromatic N) is 1. The van der Waals surface area contributed by atoms with E-state index in [9.17, 15) is 0 Å². The first-order valence-electron chi connectivity index (χ1n) is 5.79. The van der Waals surface area contributed by atoms with Gasteiger partial charge in [-0.2, -0.15) is 0 Å². The molecule has 1 heterocycles. The standard InChI is InChI=1S/C11H24N2O/c1-10(2)3-6-13-7-5-12-9-11(13)4-8-14/h10-12,14H,3-9H2,1-2H3/t11-/m0/s1. The molecule has 3 heteroatoms. The molecule has 14 heavy (non-hydrogen) atoms. The summed E-state index contributed by atoms with van der Waals surface area (Å²) in [7, 11) is 0.